The maximum atomic E-state index is 12.5. The van der Waals surface area contributed by atoms with Crippen LogP contribution in [0.1, 0.15) is 28.9 Å². The molecule has 23 heavy (non-hydrogen) atoms. The molecule has 2 aromatic carbocycles. The number of halogens is 1. The second-order valence-electron chi connectivity index (χ2n) is 4.88. The molecule has 0 saturated carbocycles. The Morgan fingerprint density at radius 1 is 1.17 bits per heavy atom. The van der Waals surface area contributed by atoms with Gasteiger partial charge in [0.15, 0.2) is 0 Å². The Bertz CT molecular complexity index is 820. The first kappa shape index (κ1) is 17.7. The van der Waals surface area contributed by atoms with E-state index in [4.69, 9.17) is 0 Å². The van der Waals surface area contributed by atoms with Crippen molar-refractivity contribution in [2.24, 2.45) is 0 Å². The van der Waals surface area contributed by atoms with E-state index in [2.05, 4.69) is 25.4 Å². The lowest BCUT2D eigenvalue weighted by Gasteiger charge is -2.16. The quantitative estimate of drug-likeness (QED) is 0.785. The number of carbonyl (C=O) groups excluding carboxylic acids is 1. The van der Waals surface area contributed by atoms with Gasteiger partial charge >= 0.3 is 5.97 Å². The van der Waals surface area contributed by atoms with E-state index in [-0.39, 0.29) is 10.5 Å². The first-order valence-electron chi connectivity index (χ1n) is 6.80. The van der Waals surface area contributed by atoms with Gasteiger partial charge < -0.3 is 4.74 Å². The Morgan fingerprint density at radius 3 is 2.52 bits per heavy atom. The van der Waals surface area contributed by atoms with Crippen LogP contribution < -0.4 is 4.72 Å². The van der Waals surface area contributed by atoms with Crippen molar-refractivity contribution >= 4 is 31.9 Å². The molecule has 0 fully saturated rings. The predicted octanol–water partition coefficient (Wildman–Crippen LogP) is 3.28. The standard InChI is InChI=1S/C16H16BrNO4S/c1-11(14-8-3-4-9-15(14)17)18-23(20,21)13-7-5-6-12(10-13)16(19)22-2/h3-11,18H,1-2H3/t11-/m0/s1. The Balaban J connectivity index is 2.29. The fourth-order valence-electron chi connectivity index (χ4n) is 2.10. The van der Waals surface area contributed by atoms with Crippen molar-refractivity contribution in [1.29, 1.82) is 0 Å². The van der Waals surface area contributed by atoms with Crippen molar-refractivity contribution in [3.63, 3.8) is 0 Å². The summed E-state index contributed by atoms with van der Waals surface area (Å²) < 4.78 is 33.1. The average Bonchev–Trinajstić information content (AvgIpc) is 2.54. The number of hydrogen-bond donors (Lipinski definition) is 1. The molecule has 0 unspecified atom stereocenters. The molecule has 122 valence electrons. The number of hydrogen-bond acceptors (Lipinski definition) is 4. The molecular formula is C16H16BrNO4S. The molecule has 0 aromatic heterocycles. The van der Waals surface area contributed by atoms with Crippen LogP contribution in [0.2, 0.25) is 0 Å². The van der Waals surface area contributed by atoms with Gasteiger partial charge in [0.05, 0.1) is 17.6 Å². The monoisotopic (exact) mass is 397 g/mol. The molecule has 1 atom stereocenters. The van der Waals surface area contributed by atoms with E-state index >= 15 is 0 Å². The molecule has 0 amide bonds. The Labute approximate surface area is 143 Å². The maximum Gasteiger partial charge on any atom is 0.337 e. The minimum absolute atomic E-state index is 0.0132. The summed E-state index contributed by atoms with van der Waals surface area (Å²) >= 11 is 3.40. The molecule has 2 aromatic rings. The van der Waals surface area contributed by atoms with E-state index < -0.39 is 22.0 Å². The van der Waals surface area contributed by atoms with Gasteiger partial charge in [0.1, 0.15) is 0 Å². The molecular weight excluding hydrogens is 382 g/mol. The molecule has 2 rings (SSSR count). The number of methoxy groups -OCH3 is 1. The molecule has 0 bridgehead atoms. The van der Waals surface area contributed by atoms with Gasteiger partial charge in [0.2, 0.25) is 10.0 Å². The third-order valence-corrected chi connectivity index (χ3v) is 5.53. The SMILES string of the molecule is COC(=O)c1cccc(S(=O)(=O)N[C@@H](C)c2ccccc2Br)c1. The van der Waals surface area contributed by atoms with E-state index in [1.54, 1.807) is 6.92 Å². The van der Waals surface area contributed by atoms with Crippen molar-refractivity contribution in [3.8, 4) is 0 Å². The summed E-state index contributed by atoms with van der Waals surface area (Å²) in [7, 11) is -2.52. The first-order valence-corrected chi connectivity index (χ1v) is 9.08. The van der Waals surface area contributed by atoms with Gasteiger partial charge in [-0.1, -0.05) is 40.2 Å². The summed E-state index contributed by atoms with van der Waals surface area (Å²) in [5.41, 5.74) is 1.00. The number of esters is 1. The molecule has 5 nitrogen and oxygen atoms in total. The van der Waals surface area contributed by atoms with Crippen LogP contribution in [0.4, 0.5) is 0 Å². The van der Waals surface area contributed by atoms with Gasteiger partial charge in [0, 0.05) is 10.5 Å². The smallest absolute Gasteiger partial charge is 0.337 e. The number of benzene rings is 2. The summed E-state index contributed by atoms with van der Waals surface area (Å²) in [6.07, 6.45) is 0. The first-order chi connectivity index (χ1) is 10.8. The summed E-state index contributed by atoms with van der Waals surface area (Å²) in [5.74, 6) is -0.582. The molecule has 7 heteroatoms. The van der Waals surface area contributed by atoms with Crippen LogP contribution in [0.5, 0.6) is 0 Å². The predicted molar refractivity (Wildman–Crippen MR) is 90.7 cm³/mol. The summed E-state index contributed by atoms with van der Waals surface area (Å²) in [4.78, 5) is 11.6. The lowest BCUT2D eigenvalue weighted by Crippen LogP contribution is -2.27. The number of rotatable bonds is 5. The maximum absolute atomic E-state index is 12.5. The highest BCUT2D eigenvalue weighted by molar-refractivity contribution is 9.10. The highest BCUT2D eigenvalue weighted by Gasteiger charge is 2.20. The topological polar surface area (TPSA) is 72.5 Å². The molecule has 1 N–H and O–H groups in total. The van der Waals surface area contributed by atoms with Crippen LogP contribution in [-0.2, 0) is 14.8 Å². The van der Waals surface area contributed by atoms with E-state index in [9.17, 15) is 13.2 Å². The molecule has 0 aliphatic carbocycles. The minimum atomic E-state index is -3.77. The highest BCUT2D eigenvalue weighted by atomic mass is 79.9. The molecule has 0 heterocycles. The van der Waals surface area contributed by atoms with E-state index in [0.717, 1.165) is 10.0 Å². The Morgan fingerprint density at radius 2 is 1.87 bits per heavy atom. The van der Waals surface area contributed by atoms with Gasteiger partial charge in [-0.25, -0.2) is 17.9 Å². The zero-order valence-corrected chi connectivity index (χ0v) is 15.0. The third kappa shape index (κ3) is 4.19. The molecule has 0 aliphatic heterocycles. The van der Waals surface area contributed by atoms with Gasteiger partial charge in [-0.2, -0.15) is 0 Å². The van der Waals surface area contributed by atoms with E-state index in [1.165, 1.54) is 31.4 Å². The Hall–Kier alpha value is -1.70. The molecule has 0 spiro atoms. The Kier molecular flexibility index (Phi) is 5.56. The fraction of sp³-hybridized carbons (Fsp3) is 0.188. The summed E-state index contributed by atoms with van der Waals surface area (Å²) in [6.45, 7) is 1.75. The second kappa shape index (κ2) is 7.25. The van der Waals surface area contributed by atoms with E-state index in [1.807, 2.05) is 24.3 Å². The van der Waals surface area contributed by atoms with Crippen LogP contribution in [0, 0.1) is 0 Å². The van der Waals surface area contributed by atoms with Gasteiger partial charge in [-0.15, -0.1) is 0 Å². The average molecular weight is 398 g/mol. The summed E-state index contributed by atoms with van der Waals surface area (Å²) in [5, 5.41) is 0. The van der Waals surface area contributed by atoms with Crippen LogP contribution in [0.15, 0.2) is 57.9 Å². The largest absolute Gasteiger partial charge is 0.465 e. The van der Waals surface area contributed by atoms with Gasteiger partial charge in [-0.3, -0.25) is 0 Å². The van der Waals surface area contributed by atoms with Crippen LogP contribution >= 0.6 is 15.9 Å². The number of carbonyl (C=O) groups is 1. The zero-order valence-electron chi connectivity index (χ0n) is 12.6. The zero-order chi connectivity index (χ0) is 17.0. The lowest BCUT2D eigenvalue weighted by atomic mass is 10.1. The van der Waals surface area contributed by atoms with Crippen molar-refractivity contribution in [3.05, 3.63) is 64.1 Å². The minimum Gasteiger partial charge on any atom is -0.465 e. The normalized spacial score (nSPS) is 12.7. The number of ether oxygens (including phenoxy) is 1. The second-order valence-corrected chi connectivity index (χ2v) is 7.45. The fourth-order valence-corrected chi connectivity index (χ4v) is 4.00. The molecule has 0 saturated heterocycles. The van der Waals surface area contributed by atoms with E-state index in [0.29, 0.717) is 0 Å². The molecule has 0 radical (unpaired) electrons. The van der Waals surface area contributed by atoms with Crippen molar-refractivity contribution < 1.29 is 17.9 Å². The van der Waals surface area contributed by atoms with Crippen molar-refractivity contribution in [2.45, 2.75) is 17.9 Å². The lowest BCUT2D eigenvalue weighted by molar-refractivity contribution is 0.0600. The molecule has 0 aliphatic rings. The number of nitrogens with one attached hydrogen (secondary N) is 1. The van der Waals surface area contributed by atoms with Gasteiger partial charge in [0.25, 0.3) is 0 Å². The van der Waals surface area contributed by atoms with Crippen LogP contribution in [0.25, 0.3) is 0 Å². The van der Waals surface area contributed by atoms with Crippen LogP contribution in [0.3, 0.4) is 0 Å². The van der Waals surface area contributed by atoms with Crippen molar-refractivity contribution in [2.75, 3.05) is 7.11 Å². The van der Waals surface area contributed by atoms with Gasteiger partial charge in [-0.05, 0) is 36.8 Å². The number of sulfonamides is 1. The van der Waals surface area contributed by atoms with Crippen LogP contribution in [-0.4, -0.2) is 21.5 Å². The third-order valence-electron chi connectivity index (χ3n) is 3.27. The summed E-state index contributed by atoms with van der Waals surface area (Å²) in [6, 6.07) is 12.7. The highest BCUT2D eigenvalue weighted by Crippen LogP contribution is 2.24. The van der Waals surface area contributed by atoms with Crippen molar-refractivity contribution in [1.82, 2.24) is 4.72 Å².